The minimum Gasteiger partial charge on any atom is -0.393 e. The monoisotopic (exact) mass is 380 g/mol. The molecule has 2 fully saturated rings. The molecule has 1 aromatic rings. The number of nitrogens with zero attached hydrogens (tertiary/aromatic N) is 1. The molecule has 1 saturated heterocycles. The second kappa shape index (κ2) is 8.06. The van der Waals surface area contributed by atoms with Gasteiger partial charge in [-0.25, -0.2) is 8.42 Å². The number of piperidine rings is 1. The van der Waals surface area contributed by atoms with E-state index in [0.29, 0.717) is 24.9 Å². The van der Waals surface area contributed by atoms with Crippen LogP contribution >= 0.6 is 0 Å². The molecule has 0 bridgehead atoms. The van der Waals surface area contributed by atoms with Gasteiger partial charge < -0.3 is 10.4 Å². The lowest BCUT2D eigenvalue weighted by Crippen LogP contribution is -2.42. The Morgan fingerprint density at radius 2 is 1.88 bits per heavy atom. The van der Waals surface area contributed by atoms with Crippen LogP contribution in [0.5, 0.6) is 0 Å². The van der Waals surface area contributed by atoms with Crippen molar-refractivity contribution in [2.24, 2.45) is 0 Å². The molecular weight excluding hydrogens is 352 g/mol. The first-order valence-electron chi connectivity index (χ1n) is 9.49. The molecule has 1 saturated carbocycles. The SMILES string of the molecule is CC1CCCCN1S(=O)(=O)c1cccc(C(=O)NC2CCC(O)CC2)c1. The number of nitrogens with one attached hydrogen (secondary N) is 1. The number of carbonyl (C=O) groups excluding carboxylic acids is 1. The number of sulfonamides is 1. The number of aliphatic hydroxyl groups is 1. The third-order valence-electron chi connectivity index (χ3n) is 5.48. The smallest absolute Gasteiger partial charge is 0.251 e. The quantitative estimate of drug-likeness (QED) is 0.839. The van der Waals surface area contributed by atoms with Crippen LogP contribution in [0, 0.1) is 0 Å². The lowest BCUT2D eigenvalue weighted by atomic mass is 9.93. The van der Waals surface area contributed by atoms with Gasteiger partial charge in [-0.05, 0) is 63.6 Å². The Bertz CT molecular complexity index is 742. The van der Waals surface area contributed by atoms with Crippen molar-refractivity contribution in [1.82, 2.24) is 9.62 Å². The molecule has 1 atom stereocenters. The largest absolute Gasteiger partial charge is 0.393 e. The maximum atomic E-state index is 13.0. The summed E-state index contributed by atoms with van der Waals surface area (Å²) < 4.78 is 27.5. The van der Waals surface area contributed by atoms with Crippen LogP contribution < -0.4 is 5.32 Å². The van der Waals surface area contributed by atoms with Crippen molar-refractivity contribution in [3.63, 3.8) is 0 Å². The number of amides is 1. The second-order valence-electron chi connectivity index (χ2n) is 7.47. The van der Waals surface area contributed by atoms with Crippen molar-refractivity contribution in [2.45, 2.75) is 75.0 Å². The summed E-state index contributed by atoms with van der Waals surface area (Å²) in [7, 11) is -3.59. The van der Waals surface area contributed by atoms with Gasteiger partial charge in [-0.15, -0.1) is 0 Å². The predicted molar refractivity (Wildman–Crippen MR) is 99.4 cm³/mol. The first kappa shape index (κ1) is 19.3. The standard InChI is InChI=1S/C19H28N2O4S/c1-14-5-2-3-12-21(14)26(24,25)18-7-4-6-15(13-18)19(23)20-16-8-10-17(22)11-9-16/h4,6-7,13-14,16-17,22H,2-3,5,8-12H2,1H3,(H,20,23). The highest BCUT2D eigenvalue weighted by Gasteiger charge is 2.31. The Morgan fingerprint density at radius 3 is 2.58 bits per heavy atom. The summed E-state index contributed by atoms with van der Waals surface area (Å²) in [6.07, 6.45) is 5.38. The fraction of sp³-hybridized carbons (Fsp3) is 0.632. The number of rotatable bonds is 4. The molecule has 2 N–H and O–H groups in total. The van der Waals surface area contributed by atoms with E-state index in [0.717, 1.165) is 32.1 Å². The van der Waals surface area contributed by atoms with E-state index in [1.54, 1.807) is 22.5 Å². The van der Waals surface area contributed by atoms with Crippen LogP contribution in [0.2, 0.25) is 0 Å². The summed E-state index contributed by atoms with van der Waals surface area (Å²) in [5.74, 6) is -0.255. The van der Waals surface area contributed by atoms with E-state index >= 15 is 0 Å². The Kier molecular flexibility index (Phi) is 5.99. The summed E-state index contributed by atoms with van der Waals surface area (Å²) in [5.41, 5.74) is 0.363. The maximum absolute atomic E-state index is 13.0. The molecule has 1 aliphatic carbocycles. The average molecular weight is 381 g/mol. The molecule has 1 unspecified atom stereocenters. The molecule has 144 valence electrons. The Morgan fingerprint density at radius 1 is 1.15 bits per heavy atom. The fourth-order valence-electron chi connectivity index (χ4n) is 3.85. The van der Waals surface area contributed by atoms with Crippen LogP contribution in [0.1, 0.15) is 62.2 Å². The summed E-state index contributed by atoms with van der Waals surface area (Å²) in [4.78, 5) is 12.7. The Balaban J connectivity index is 1.74. The summed E-state index contributed by atoms with van der Waals surface area (Å²) in [6, 6.07) is 6.33. The molecule has 1 heterocycles. The minimum atomic E-state index is -3.59. The highest BCUT2D eigenvalue weighted by Crippen LogP contribution is 2.26. The first-order chi connectivity index (χ1) is 12.4. The maximum Gasteiger partial charge on any atom is 0.251 e. The molecule has 2 aliphatic rings. The van der Waals surface area contributed by atoms with Crippen molar-refractivity contribution in [3.8, 4) is 0 Å². The van der Waals surface area contributed by atoms with Gasteiger partial charge >= 0.3 is 0 Å². The summed E-state index contributed by atoms with van der Waals surface area (Å²) in [6.45, 7) is 2.47. The Hall–Kier alpha value is -1.44. The predicted octanol–water partition coefficient (Wildman–Crippen LogP) is 2.28. The number of benzene rings is 1. The van der Waals surface area contributed by atoms with E-state index in [1.165, 1.54) is 6.07 Å². The van der Waals surface area contributed by atoms with Crippen LogP contribution in [0.3, 0.4) is 0 Å². The van der Waals surface area contributed by atoms with Crippen LogP contribution in [0.15, 0.2) is 29.2 Å². The Labute approximate surface area is 155 Å². The molecule has 1 aromatic carbocycles. The van der Waals surface area contributed by atoms with E-state index < -0.39 is 10.0 Å². The highest BCUT2D eigenvalue weighted by atomic mass is 32.2. The molecule has 26 heavy (non-hydrogen) atoms. The average Bonchev–Trinajstić information content (AvgIpc) is 2.64. The van der Waals surface area contributed by atoms with Gasteiger partial charge in [0.25, 0.3) is 5.91 Å². The number of carbonyl (C=O) groups is 1. The van der Waals surface area contributed by atoms with Crippen molar-refractivity contribution in [3.05, 3.63) is 29.8 Å². The van der Waals surface area contributed by atoms with E-state index in [9.17, 15) is 18.3 Å². The normalized spacial score (nSPS) is 27.8. The third-order valence-corrected chi connectivity index (χ3v) is 7.49. The number of hydrogen-bond acceptors (Lipinski definition) is 4. The van der Waals surface area contributed by atoms with Gasteiger partial charge in [0.15, 0.2) is 0 Å². The van der Waals surface area contributed by atoms with Gasteiger partial charge in [-0.1, -0.05) is 12.5 Å². The fourth-order valence-corrected chi connectivity index (χ4v) is 5.60. The molecule has 0 spiro atoms. The van der Waals surface area contributed by atoms with Gasteiger partial charge in [0.05, 0.1) is 11.0 Å². The van der Waals surface area contributed by atoms with Crippen molar-refractivity contribution >= 4 is 15.9 Å². The zero-order chi connectivity index (χ0) is 18.7. The summed E-state index contributed by atoms with van der Waals surface area (Å²) in [5, 5.41) is 12.5. The second-order valence-corrected chi connectivity index (χ2v) is 9.36. The topological polar surface area (TPSA) is 86.7 Å². The third kappa shape index (κ3) is 4.27. The molecule has 6 nitrogen and oxygen atoms in total. The lowest BCUT2D eigenvalue weighted by Gasteiger charge is -2.32. The van der Waals surface area contributed by atoms with Gasteiger partial charge in [0.2, 0.25) is 10.0 Å². The van der Waals surface area contributed by atoms with Crippen LogP contribution in [0.4, 0.5) is 0 Å². The lowest BCUT2D eigenvalue weighted by molar-refractivity contribution is 0.0867. The van der Waals surface area contributed by atoms with E-state index in [1.807, 2.05) is 6.92 Å². The van der Waals surface area contributed by atoms with E-state index in [4.69, 9.17) is 0 Å². The van der Waals surface area contributed by atoms with Crippen LogP contribution in [0.25, 0.3) is 0 Å². The zero-order valence-corrected chi connectivity index (χ0v) is 16.0. The zero-order valence-electron chi connectivity index (χ0n) is 15.2. The van der Waals surface area contributed by atoms with Crippen LogP contribution in [-0.2, 0) is 10.0 Å². The molecule has 3 rings (SSSR count). The van der Waals surface area contributed by atoms with Gasteiger partial charge in [-0.2, -0.15) is 4.31 Å². The molecular formula is C19H28N2O4S. The molecule has 7 heteroatoms. The van der Waals surface area contributed by atoms with Crippen molar-refractivity contribution < 1.29 is 18.3 Å². The van der Waals surface area contributed by atoms with Gasteiger partial charge in [0.1, 0.15) is 0 Å². The molecule has 0 aromatic heterocycles. The first-order valence-corrected chi connectivity index (χ1v) is 10.9. The van der Waals surface area contributed by atoms with Gasteiger partial charge in [0, 0.05) is 24.2 Å². The number of aliphatic hydroxyl groups excluding tert-OH is 1. The highest BCUT2D eigenvalue weighted by molar-refractivity contribution is 7.89. The van der Waals surface area contributed by atoms with Gasteiger partial charge in [-0.3, -0.25) is 4.79 Å². The summed E-state index contributed by atoms with van der Waals surface area (Å²) >= 11 is 0. The van der Waals surface area contributed by atoms with E-state index in [2.05, 4.69) is 5.32 Å². The van der Waals surface area contributed by atoms with Crippen molar-refractivity contribution in [2.75, 3.05) is 6.54 Å². The van der Waals surface area contributed by atoms with Crippen LogP contribution in [-0.4, -0.2) is 48.5 Å². The number of hydrogen-bond donors (Lipinski definition) is 2. The molecule has 1 amide bonds. The molecule has 0 radical (unpaired) electrons. The van der Waals surface area contributed by atoms with Crippen molar-refractivity contribution in [1.29, 1.82) is 0 Å². The molecule has 1 aliphatic heterocycles. The van der Waals surface area contributed by atoms with E-state index in [-0.39, 0.29) is 29.0 Å². The minimum absolute atomic E-state index is 0.0140.